The van der Waals surface area contributed by atoms with Crippen molar-refractivity contribution in [3.8, 4) is 0 Å². The van der Waals surface area contributed by atoms with Crippen molar-refractivity contribution in [3.05, 3.63) is 21.9 Å². The zero-order valence-corrected chi connectivity index (χ0v) is 8.68. The summed E-state index contributed by atoms with van der Waals surface area (Å²) in [6, 6.07) is 4.41. The molecule has 0 aliphatic carbocycles. The number of aliphatic hydroxyl groups is 1. The van der Waals surface area contributed by atoms with E-state index in [4.69, 9.17) is 5.11 Å². The molecule has 2 rings (SSSR count). The second kappa shape index (κ2) is 3.78. The summed E-state index contributed by atoms with van der Waals surface area (Å²) in [7, 11) is 0. The number of β-amino-alcohol motifs (C(OH)–C–C–N with tert-alkyl or cyclic N) is 1. The summed E-state index contributed by atoms with van der Waals surface area (Å²) in [5.41, 5.74) is 0. The second-order valence-corrected chi connectivity index (χ2v) is 4.82. The van der Waals surface area contributed by atoms with Gasteiger partial charge in [0.05, 0.1) is 6.10 Å². The average molecular weight is 197 g/mol. The molecule has 1 fully saturated rings. The Labute approximate surface area is 82.8 Å². The molecule has 0 atom stereocenters. The molecule has 0 amide bonds. The molecule has 13 heavy (non-hydrogen) atoms. The van der Waals surface area contributed by atoms with Crippen molar-refractivity contribution in [2.75, 3.05) is 13.1 Å². The molecule has 2 nitrogen and oxygen atoms in total. The Morgan fingerprint density at radius 1 is 1.46 bits per heavy atom. The van der Waals surface area contributed by atoms with Crippen molar-refractivity contribution in [3.63, 3.8) is 0 Å². The van der Waals surface area contributed by atoms with E-state index in [2.05, 4.69) is 24.0 Å². The van der Waals surface area contributed by atoms with Crippen LogP contribution in [0.4, 0.5) is 0 Å². The van der Waals surface area contributed by atoms with E-state index in [9.17, 15) is 0 Å². The van der Waals surface area contributed by atoms with Crippen molar-refractivity contribution >= 4 is 11.3 Å². The highest BCUT2D eigenvalue weighted by molar-refractivity contribution is 7.11. The minimum absolute atomic E-state index is 0.0781. The molecule has 0 bridgehead atoms. The lowest BCUT2D eigenvalue weighted by molar-refractivity contribution is -0.00228. The van der Waals surface area contributed by atoms with E-state index in [0.717, 1.165) is 26.1 Å². The van der Waals surface area contributed by atoms with Crippen LogP contribution in [0.5, 0.6) is 0 Å². The summed E-state index contributed by atoms with van der Waals surface area (Å²) in [5, 5.41) is 9.11. The molecule has 0 aromatic carbocycles. The molecule has 0 saturated carbocycles. The van der Waals surface area contributed by atoms with E-state index in [1.807, 2.05) is 11.3 Å². The topological polar surface area (TPSA) is 23.5 Å². The molecule has 0 unspecified atom stereocenters. The van der Waals surface area contributed by atoms with Crippen molar-refractivity contribution in [1.29, 1.82) is 0 Å². The quantitative estimate of drug-likeness (QED) is 0.793. The van der Waals surface area contributed by atoms with E-state index >= 15 is 0 Å². The van der Waals surface area contributed by atoms with Gasteiger partial charge in [-0.1, -0.05) is 6.92 Å². The van der Waals surface area contributed by atoms with Crippen LogP contribution in [-0.4, -0.2) is 29.2 Å². The largest absolute Gasteiger partial charge is 0.390 e. The smallest absolute Gasteiger partial charge is 0.0794 e. The minimum atomic E-state index is -0.0781. The Bertz CT molecular complexity index is 278. The monoisotopic (exact) mass is 197 g/mol. The minimum Gasteiger partial charge on any atom is -0.390 e. The fourth-order valence-corrected chi connectivity index (χ4v) is 2.59. The maximum Gasteiger partial charge on any atom is 0.0794 e. The van der Waals surface area contributed by atoms with Gasteiger partial charge in [-0.2, -0.15) is 0 Å². The molecule has 1 aliphatic rings. The molecule has 1 aromatic rings. The first-order valence-electron chi connectivity index (χ1n) is 4.76. The third kappa shape index (κ3) is 2.10. The van der Waals surface area contributed by atoms with Crippen molar-refractivity contribution < 1.29 is 5.11 Å². The van der Waals surface area contributed by atoms with Crippen molar-refractivity contribution in [1.82, 2.24) is 4.90 Å². The number of rotatable bonds is 3. The van der Waals surface area contributed by atoms with Crippen LogP contribution >= 0.6 is 11.3 Å². The van der Waals surface area contributed by atoms with Crippen LogP contribution in [0.15, 0.2) is 12.1 Å². The summed E-state index contributed by atoms with van der Waals surface area (Å²) < 4.78 is 0. The van der Waals surface area contributed by atoms with Gasteiger partial charge in [0.15, 0.2) is 0 Å². The second-order valence-electron chi connectivity index (χ2n) is 3.57. The predicted molar refractivity (Wildman–Crippen MR) is 55.0 cm³/mol. The zero-order chi connectivity index (χ0) is 9.26. The van der Waals surface area contributed by atoms with Gasteiger partial charge in [-0.05, 0) is 18.6 Å². The highest BCUT2D eigenvalue weighted by Crippen LogP contribution is 2.20. The number of aliphatic hydroxyl groups excluding tert-OH is 1. The Kier molecular flexibility index (Phi) is 2.67. The molecule has 72 valence electrons. The first kappa shape index (κ1) is 9.19. The summed E-state index contributed by atoms with van der Waals surface area (Å²) in [6.07, 6.45) is 1.05. The van der Waals surface area contributed by atoms with E-state index in [-0.39, 0.29) is 6.10 Å². The molecular weight excluding hydrogens is 182 g/mol. The summed E-state index contributed by atoms with van der Waals surface area (Å²) in [5.74, 6) is 0. The number of hydrogen-bond acceptors (Lipinski definition) is 3. The molecule has 1 aromatic heterocycles. The molecule has 0 radical (unpaired) electrons. The van der Waals surface area contributed by atoms with Gasteiger partial charge in [0.25, 0.3) is 0 Å². The van der Waals surface area contributed by atoms with Crippen molar-refractivity contribution in [2.24, 2.45) is 0 Å². The van der Waals surface area contributed by atoms with Gasteiger partial charge >= 0.3 is 0 Å². The first-order valence-corrected chi connectivity index (χ1v) is 5.57. The SMILES string of the molecule is CCc1ccc(CN2CC(O)C2)s1. The number of hydrogen-bond donors (Lipinski definition) is 1. The van der Waals surface area contributed by atoms with Gasteiger partial charge in [0.2, 0.25) is 0 Å². The van der Waals surface area contributed by atoms with Crippen LogP contribution < -0.4 is 0 Å². The molecular formula is C10H15NOS. The highest BCUT2D eigenvalue weighted by atomic mass is 32.1. The fraction of sp³-hybridized carbons (Fsp3) is 0.600. The lowest BCUT2D eigenvalue weighted by atomic mass is 10.2. The first-order chi connectivity index (χ1) is 6.28. The van der Waals surface area contributed by atoms with Crippen LogP contribution in [0, 0.1) is 0 Å². The number of likely N-dealkylation sites (tertiary alicyclic amines) is 1. The third-order valence-corrected chi connectivity index (χ3v) is 3.60. The van der Waals surface area contributed by atoms with Gasteiger partial charge in [0.1, 0.15) is 0 Å². The van der Waals surface area contributed by atoms with Crippen LogP contribution in [0.2, 0.25) is 0 Å². The Morgan fingerprint density at radius 2 is 2.15 bits per heavy atom. The maximum absolute atomic E-state index is 9.11. The zero-order valence-electron chi connectivity index (χ0n) is 7.86. The van der Waals surface area contributed by atoms with E-state index in [1.54, 1.807) is 0 Å². The van der Waals surface area contributed by atoms with E-state index in [1.165, 1.54) is 9.75 Å². The van der Waals surface area contributed by atoms with Crippen LogP contribution in [-0.2, 0) is 13.0 Å². The molecule has 1 N–H and O–H groups in total. The van der Waals surface area contributed by atoms with Gasteiger partial charge in [-0.3, -0.25) is 4.90 Å². The number of thiophene rings is 1. The van der Waals surface area contributed by atoms with Crippen LogP contribution in [0.25, 0.3) is 0 Å². The van der Waals surface area contributed by atoms with E-state index in [0.29, 0.717) is 0 Å². The fourth-order valence-electron chi connectivity index (χ4n) is 1.59. The average Bonchev–Trinajstić information content (AvgIpc) is 2.50. The lowest BCUT2D eigenvalue weighted by Gasteiger charge is -2.35. The summed E-state index contributed by atoms with van der Waals surface area (Å²) >= 11 is 1.89. The molecule has 2 heterocycles. The summed E-state index contributed by atoms with van der Waals surface area (Å²) in [4.78, 5) is 5.15. The number of nitrogens with zero attached hydrogens (tertiary/aromatic N) is 1. The Hall–Kier alpha value is -0.380. The van der Waals surface area contributed by atoms with Crippen LogP contribution in [0.1, 0.15) is 16.7 Å². The van der Waals surface area contributed by atoms with Crippen LogP contribution in [0.3, 0.4) is 0 Å². The van der Waals surface area contributed by atoms with Gasteiger partial charge in [-0.15, -0.1) is 11.3 Å². The van der Waals surface area contributed by atoms with Gasteiger partial charge in [-0.25, -0.2) is 0 Å². The van der Waals surface area contributed by atoms with E-state index < -0.39 is 0 Å². The van der Waals surface area contributed by atoms with Gasteiger partial charge < -0.3 is 5.11 Å². The normalized spacial score (nSPS) is 18.9. The number of aryl methyl sites for hydroxylation is 1. The predicted octanol–water partition coefficient (Wildman–Crippen LogP) is 1.49. The van der Waals surface area contributed by atoms with Gasteiger partial charge in [0, 0.05) is 29.4 Å². The molecule has 0 spiro atoms. The highest BCUT2D eigenvalue weighted by Gasteiger charge is 2.24. The maximum atomic E-state index is 9.11. The summed E-state index contributed by atoms with van der Waals surface area (Å²) in [6.45, 7) is 4.89. The Balaban J connectivity index is 1.87. The Morgan fingerprint density at radius 3 is 2.69 bits per heavy atom. The van der Waals surface area contributed by atoms with Crippen molar-refractivity contribution in [2.45, 2.75) is 26.0 Å². The standard InChI is InChI=1S/C10H15NOS/c1-2-9-3-4-10(13-9)7-11-5-8(12)6-11/h3-4,8,12H,2,5-7H2,1H3. The third-order valence-electron chi connectivity index (χ3n) is 2.38. The molecule has 1 aliphatic heterocycles. The molecule has 3 heteroatoms. The molecule has 1 saturated heterocycles. The lowest BCUT2D eigenvalue weighted by Crippen LogP contribution is -2.49.